The normalized spacial score (nSPS) is 16.9. The fourth-order valence-electron chi connectivity index (χ4n) is 4.24. The first kappa shape index (κ1) is 20.4. The number of benzene rings is 2. The van der Waals surface area contributed by atoms with Gasteiger partial charge in [-0.3, -0.25) is 0 Å². The standard InChI is InChI=1S/C26H32O2/c1-8-28-24(27)18(3)19-10-9-11-20(15-19)21-16-23-22(14-17(21)2)25(4,5)12-13-26(23,6)7/h9-11,14-16H,3,8,12-13H2,1-2,4-7H3. The number of hydrogen-bond donors (Lipinski definition) is 0. The summed E-state index contributed by atoms with van der Waals surface area (Å²) in [7, 11) is 0. The van der Waals surface area contributed by atoms with Gasteiger partial charge in [0, 0.05) is 0 Å². The van der Waals surface area contributed by atoms with E-state index in [4.69, 9.17) is 4.74 Å². The number of hydrogen-bond acceptors (Lipinski definition) is 2. The number of ether oxygens (including phenoxy) is 1. The molecule has 0 N–H and O–H groups in total. The van der Waals surface area contributed by atoms with Crippen molar-refractivity contribution in [2.75, 3.05) is 6.61 Å². The zero-order valence-electron chi connectivity index (χ0n) is 18.1. The molecule has 0 fully saturated rings. The van der Waals surface area contributed by atoms with Crippen molar-refractivity contribution in [2.24, 2.45) is 0 Å². The van der Waals surface area contributed by atoms with Gasteiger partial charge in [-0.1, -0.05) is 64.6 Å². The third-order valence-electron chi connectivity index (χ3n) is 6.24. The van der Waals surface area contributed by atoms with Crippen LogP contribution in [0, 0.1) is 6.92 Å². The second kappa shape index (κ2) is 7.24. The predicted octanol–water partition coefficient (Wildman–Crippen LogP) is 6.59. The first-order valence-corrected chi connectivity index (χ1v) is 10.2. The molecular weight excluding hydrogens is 344 g/mol. The second-order valence-electron chi connectivity index (χ2n) is 9.26. The van der Waals surface area contributed by atoms with E-state index >= 15 is 0 Å². The molecule has 28 heavy (non-hydrogen) atoms. The average Bonchev–Trinajstić information content (AvgIpc) is 2.65. The Morgan fingerprint density at radius 3 is 2.25 bits per heavy atom. The minimum atomic E-state index is -0.357. The van der Waals surface area contributed by atoms with Gasteiger partial charge in [-0.15, -0.1) is 0 Å². The van der Waals surface area contributed by atoms with Crippen LogP contribution in [0.1, 0.15) is 69.7 Å². The molecule has 2 aromatic carbocycles. The molecular formula is C26H32O2. The van der Waals surface area contributed by atoms with Crippen molar-refractivity contribution < 1.29 is 9.53 Å². The van der Waals surface area contributed by atoms with Crippen LogP contribution in [0.2, 0.25) is 0 Å². The lowest BCUT2D eigenvalue weighted by Gasteiger charge is -2.42. The number of carbonyl (C=O) groups excluding carboxylic acids is 1. The van der Waals surface area contributed by atoms with Gasteiger partial charge in [-0.05, 0) is 77.0 Å². The summed E-state index contributed by atoms with van der Waals surface area (Å²) in [6, 6.07) is 12.8. The fourth-order valence-corrected chi connectivity index (χ4v) is 4.24. The van der Waals surface area contributed by atoms with Gasteiger partial charge >= 0.3 is 5.97 Å². The molecule has 0 heterocycles. The Labute approximate surface area is 169 Å². The van der Waals surface area contributed by atoms with Crippen molar-refractivity contribution in [3.05, 3.63) is 65.2 Å². The summed E-state index contributed by atoms with van der Waals surface area (Å²) >= 11 is 0. The Balaban J connectivity index is 2.10. The molecule has 148 valence electrons. The monoisotopic (exact) mass is 376 g/mol. The van der Waals surface area contributed by atoms with Crippen LogP contribution in [0.25, 0.3) is 16.7 Å². The van der Waals surface area contributed by atoms with Gasteiger partial charge in [-0.2, -0.15) is 0 Å². The number of fused-ring (bicyclic) bond motifs is 1. The molecule has 0 aliphatic heterocycles. The zero-order chi connectivity index (χ0) is 20.7. The van der Waals surface area contributed by atoms with E-state index in [0.717, 1.165) is 11.1 Å². The van der Waals surface area contributed by atoms with Crippen LogP contribution in [-0.2, 0) is 20.4 Å². The van der Waals surface area contributed by atoms with Gasteiger partial charge in [0.05, 0.1) is 12.2 Å². The van der Waals surface area contributed by atoms with E-state index in [1.165, 1.54) is 35.1 Å². The summed E-state index contributed by atoms with van der Waals surface area (Å²) in [6.07, 6.45) is 2.40. The molecule has 3 rings (SSSR count). The lowest BCUT2D eigenvalue weighted by Crippen LogP contribution is -2.34. The molecule has 2 nitrogen and oxygen atoms in total. The second-order valence-corrected chi connectivity index (χ2v) is 9.26. The molecule has 1 aliphatic rings. The van der Waals surface area contributed by atoms with E-state index in [9.17, 15) is 4.79 Å². The van der Waals surface area contributed by atoms with E-state index in [2.05, 4.69) is 65.5 Å². The van der Waals surface area contributed by atoms with Crippen LogP contribution in [0.3, 0.4) is 0 Å². The van der Waals surface area contributed by atoms with Gasteiger partial charge in [0.2, 0.25) is 0 Å². The van der Waals surface area contributed by atoms with Gasteiger partial charge in [0.25, 0.3) is 0 Å². The molecule has 0 saturated carbocycles. The molecule has 0 spiro atoms. The maximum Gasteiger partial charge on any atom is 0.338 e. The smallest absolute Gasteiger partial charge is 0.338 e. The van der Waals surface area contributed by atoms with Crippen molar-refractivity contribution >= 4 is 11.5 Å². The number of esters is 1. The molecule has 1 aliphatic carbocycles. The van der Waals surface area contributed by atoms with Gasteiger partial charge in [0.15, 0.2) is 0 Å². The topological polar surface area (TPSA) is 26.3 Å². The molecule has 0 unspecified atom stereocenters. The van der Waals surface area contributed by atoms with E-state index in [0.29, 0.717) is 12.2 Å². The molecule has 0 saturated heterocycles. The Bertz CT molecular complexity index is 931. The minimum absolute atomic E-state index is 0.166. The zero-order valence-corrected chi connectivity index (χ0v) is 18.1. The van der Waals surface area contributed by atoms with Crippen LogP contribution in [0.5, 0.6) is 0 Å². The van der Waals surface area contributed by atoms with Gasteiger partial charge in [-0.25, -0.2) is 4.79 Å². The highest BCUT2D eigenvalue weighted by atomic mass is 16.5. The van der Waals surface area contributed by atoms with E-state index < -0.39 is 0 Å². The largest absolute Gasteiger partial charge is 0.462 e. The first-order chi connectivity index (χ1) is 13.1. The molecule has 0 radical (unpaired) electrons. The van der Waals surface area contributed by atoms with Crippen LogP contribution in [-0.4, -0.2) is 12.6 Å². The summed E-state index contributed by atoms with van der Waals surface area (Å²) < 4.78 is 5.11. The highest BCUT2D eigenvalue weighted by Crippen LogP contribution is 2.47. The Morgan fingerprint density at radius 2 is 1.64 bits per heavy atom. The Kier molecular flexibility index (Phi) is 5.27. The average molecular weight is 377 g/mol. The van der Waals surface area contributed by atoms with Crippen molar-refractivity contribution in [1.29, 1.82) is 0 Å². The summed E-state index contributed by atoms with van der Waals surface area (Å²) in [5, 5.41) is 0. The van der Waals surface area contributed by atoms with E-state index in [1.54, 1.807) is 6.92 Å². The lowest BCUT2D eigenvalue weighted by molar-refractivity contribution is -0.136. The van der Waals surface area contributed by atoms with Crippen molar-refractivity contribution in [2.45, 2.75) is 65.2 Å². The number of carbonyl (C=O) groups is 1. The van der Waals surface area contributed by atoms with Crippen molar-refractivity contribution in [3.63, 3.8) is 0 Å². The molecule has 0 atom stereocenters. The predicted molar refractivity (Wildman–Crippen MR) is 118 cm³/mol. The summed E-state index contributed by atoms with van der Waals surface area (Å²) in [6.45, 7) is 17.7. The number of aryl methyl sites for hydroxylation is 1. The molecule has 0 amide bonds. The minimum Gasteiger partial charge on any atom is -0.462 e. The SMILES string of the molecule is C=C(C(=O)OCC)c1cccc(-c2cc3c(cc2C)C(C)(C)CCC3(C)C)c1. The highest BCUT2D eigenvalue weighted by Gasteiger charge is 2.37. The van der Waals surface area contributed by atoms with Gasteiger partial charge < -0.3 is 4.74 Å². The van der Waals surface area contributed by atoms with Crippen molar-refractivity contribution in [1.82, 2.24) is 0 Å². The quantitative estimate of drug-likeness (QED) is 0.444. The Morgan fingerprint density at radius 1 is 1.04 bits per heavy atom. The van der Waals surface area contributed by atoms with Gasteiger partial charge in [0.1, 0.15) is 0 Å². The van der Waals surface area contributed by atoms with E-state index in [-0.39, 0.29) is 16.8 Å². The lowest BCUT2D eigenvalue weighted by atomic mass is 9.62. The summed E-state index contributed by atoms with van der Waals surface area (Å²) in [5.41, 5.74) is 8.10. The molecule has 2 aromatic rings. The first-order valence-electron chi connectivity index (χ1n) is 10.2. The van der Waals surface area contributed by atoms with E-state index in [1.807, 2.05) is 12.1 Å². The molecule has 2 heteroatoms. The number of rotatable bonds is 4. The Hall–Kier alpha value is -2.35. The fraction of sp³-hybridized carbons (Fsp3) is 0.423. The maximum atomic E-state index is 12.1. The van der Waals surface area contributed by atoms with Crippen LogP contribution in [0.15, 0.2) is 43.0 Å². The third kappa shape index (κ3) is 3.65. The van der Waals surface area contributed by atoms with Crippen LogP contribution < -0.4 is 0 Å². The van der Waals surface area contributed by atoms with Crippen molar-refractivity contribution in [3.8, 4) is 11.1 Å². The van der Waals surface area contributed by atoms with Crippen LogP contribution >= 0.6 is 0 Å². The van der Waals surface area contributed by atoms with Crippen LogP contribution in [0.4, 0.5) is 0 Å². The highest BCUT2D eigenvalue weighted by molar-refractivity contribution is 6.15. The maximum absolute atomic E-state index is 12.1. The summed E-state index contributed by atoms with van der Waals surface area (Å²) in [5.74, 6) is -0.357. The molecule has 0 aromatic heterocycles. The summed E-state index contributed by atoms with van der Waals surface area (Å²) in [4.78, 5) is 12.1. The third-order valence-corrected chi connectivity index (χ3v) is 6.24. The molecule has 0 bridgehead atoms.